The molecule has 0 spiro atoms. The number of hydrogen-bond acceptors (Lipinski definition) is 4. The van der Waals surface area contributed by atoms with Crippen LogP contribution in [-0.2, 0) is 4.79 Å². The van der Waals surface area contributed by atoms with Crippen molar-refractivity contribution in [3.63, 3.8) is 0 Å². The van der Waals surface area contributed by atoms with Gasteiger partial charge in [-0.25, -0.2) is 4.39 Å². The lowest BCUT2D eigenvalue weighted by Gasteiger charge is -2.17. The van der Waals surface area contributed by atoms with Gasteiger partial charge in [0, 0.05) is 18.2 Å². The van der Waals surface area contributed by atoms with Crippen LogP contribution in [0.2, 0.25) is 0 Å². The number of carbonyl (C=O) groups excluding carboxylic acids is 1. The normalized spacial score (nSPS) is 14.4. The van der Waals surface area contributed by atoms with E-state index in [1.165, 1.54) is 12.1 Å². The second kappa shape index (κ2) is 7.21. The zero-order valence-electron chi connectivity index (χ0n) is 13.3. The maximum atomic E-state index is 13.6. The van der Waals surface area contributed by atoms with E-state index in [9.17, 15) is 9.18 Å². The number of amides is 1. The number of benzene rings is 2. The highest BCUT2D eigenvalue weighted by Crippen LogP contribution is 2.32. The van der Waals surface area contributed by atoms with Crippen molar-refractivity contribution in [3.05, 3.63) is 48.3 Å². The number of halogens is 1. The van der Waals surface area contributed by atoms with Crippen LogP contribution >= 0.6 is 0 Å². The van der Waals surface area contributed by atoms with Crippen molar-refractivity contribution in [1.29, 1.82) is 0 Å². The van der Waals surface area contributed by atoms with E-state index in [1.54, 1.807) is 25.1 Å². The van der Waals surface area contributed by atoms with Crippen LogP contribution in [0.4, 0.5) is 15.8 Å². The number of rotatable bonds is 4. The van der Waals surface area contributed by atoms with Crippen molar-refractivity contribution >= 4 is 17.3 Å². The molecular weight excluding hydrogens is 311 g/mol. The first-order valence-corrected chi connectivity index (χ1v) is 7.85. The number of hydrogen-bond donors (Lipinski definition) is 2. The average molecular weight is 330 g/mol. The fraction of sp³-hybridized carbons (Fsp3) is 0.278. The molecule has 1 aliphatic heterocycles. The lowest BCUT2D eigenvalue weighted by Crippen LogP contribution is -2.32. The van der Waals surface area contributed by atoms with Gasteiger partial charge >= 0.3 is 0 Å². The Hall–Kier alpha value is -2.76. The smallest absolute Gasteiger partial charge is 0.246 e. The maximum Gasteiger partial charge on any atom is 0.246 e. The minimum atomic E-state index is -0.547. The zero-order chi connectivity index (χ0) is 16.9. The van der Waals surface area contributed by atoms with Gasteiger partial charge < -0.3 is 20.1 Å². The van der Waals surface area contributed by atoms with Crippen LogP contribution in [0.25, 0.3) is 0 Å². The number of para-hydroxylation sites is 1. The number of ether oxygens (including phenoxy) is 2. The summed E-state index contributed by atoms with van der Waals surface area (Å²) in [7, 11) is 0. The summed E-state index contributed by atoms with van der Waals surface area (Å²) in [6.07, 6.45) is 0.832. The van der Waals surface area contributed by atoms with Crippen LogP contribution in [0.5, 0.6) is 11.5 Å². The summed E-state index contributed by atoms with van der Waals surface area (Å²) in [5.74, 6) is 0.557. The molecule has 24 heavy (non-hydrogen) atoms. The molecule has 5 nitrogen and oxygen atoms in total. The van der Waals surface area contributed by atoms with Crippen molar-refractivity contribution in [1.82, 2.24) is 0 Å². The lowest BCUT2D eigenvalue weighted by atomic mass is 10.2. The van der Waals surface area contributed by atoms with Gasteiger partial charge in [-0.05, 0) is 31.2 Å². The monoisotopic (exact) mass is 330 g/mol. The van der Waals surface area contributed by atoms with E-state index in [0.717, 1.165) is 12.1 Å². The first-order chi connectivity index (χ1) is 11.6. The van der Waals surface area contributed by atoms with Gasteiger partial charge in [-0.3, -0.25) is 4.79 Å². The molecule has 3 rings (SSSR count). The van der Waals surface area contributed by atoms with Crippen LogP contribution in [0.15, 0.2) is 42.5 Å². The third-order valence-electron chi connectivity index (χ3n) is 3.66. The summed E-state index contributed by atoms with van der Waals surface area (Å²) in [6, 6.07) is 10.9. The molecule has 6 heteroatoms. The van der Waals surface area contributed by atoms with E-state index in [1.807, 2.05) is 12.1 Å². The van der Waals surface area contributed by atoms with E-state index >= 15 is 0 Å². The summed E-state index contributed by atoms with van der Waals surface area (Å²) in [5.41, 5.74) is 0.894. The van der Waals surface area contributed by atoms with Crippen LogP contribution in [0, 0.1) is 5.82 Å². The molecule has 126 valence electrons. The van der Waals surface area contributed by atoms with Gasteiger partial charge in [0.25, 0.3) is 0 Å². The second-order valence-corrected chi connectivity index (χ2v) is 5.55. The SMILES string of the molecule is CC(Nc1ccc2c(c1)OCCCO2)C(=O)Nc1ccccc1F. The Labute approximate surface area is 139 Å². The first kappa shape index (κ1) is 16.1. The van der Waals surface area contributed by atoms with Gasteiger partial charge in [0.05, 0.1) is 18.9 Å². The van der Waals surface area contributed by atoms with Crippen molar-refractivity contribution < 1.29 is 18.7 Å². The standard InChI is InChI=1S/C18H19FN2O3/c1-12(18(22)21-15-6-3-2-5-14(15)19)20-13-7-8-16-17(11-13)24-10-4-9-23-16/h2-3,5-8,11-12,20H,4,9-10H2,1H3,(H,21,22). The number of carbonyl (C=O) groups is 1. The largest absolute Gasteiger partial charge is 0.490 e. The van der Waals surface area contributed by atoms with Crippen LogP contribution in [0.1, 0.15) is 13.3 Å². The van der Waals surface area contributed by atoms with Gasteiger partial charge in [-0.1, -0.05) is 12.1 Å². The van der Waals surface area contributed by atoms with Gasteiger partial charge in [0.1, 0.15) is 11.9 Å². The Bertz CT molecular complexity index is 736. The molecule has 1 amide bonds. The maximum absolute atomic E-state index is 13.6. The Morgan fingerprint density at radius 3 is 2.67 bits per heavy atom. The lowest BCUT2D eigenvalue weighted by molar-refractivity contribution is -0.116. The summed E-state index contributed by atoms with van der Waals surface area (Å²) in [5, 5.41) is 5.65. The molecule has 0 saturated carbocycles. The summed E-state index contributed by atoms with van der Waals surface area (Å²) in [6.45, 7) is 2.93. The fourth-order valence-electron chi connectivity index (χ4n) is 2.37. The topological polar surface area (TPSA) is 59.6 Å². The molecular formula is C18H19FN2O3. The second-order valence-electron chi connectivity index (χ2n) is 5.55. The molecule has 2 N–H and O–H groups in total. The average Bonchev–Trinajstić information content (AvgIpc) is 2.81. The number of nitrogens with one attached hydrogen (secondary N) is 2. The van der Waals surface area contributed by atoms with E-state index in [0.29, 0.717) is 24.7 Å². The molecule has 0 aliphatic carbocycles. The molecule has 2 aromatic rings. The van der Waals surface area contributed by atoms with Gasteiger partial charge in [0.15, 0.2) is 11.5 Å². The van der Waals surface area contributed by atoms with Gasteiger partial charge in [0.2, 0.25) is 5.91 Å². The fourth-order valence-corrected chi connectivity index (χ4v) is 2.37. The van der Waals surface area contributed by atoms with Gasteiger partial charge in [-0.2, -0.15) is 0 Å². The predicted molar refractivity (Wildman–Crippen MR) is 90.2 cm³/mol. The molecule has 0 aromatic heterocycles. The zero-order valence-corrected chi connectivity index (χ0v) is 13.3. The first-order valence-electron chi connectivity index (χ1n) is 7.85. The van der Waals surface area contributed by atoms with E-state index in [-0.39, 0.29) is 11.6 Å². The molecule has 2 aromatic carbocycles. The molecule has 1 unspecified atom stereocenters. The molecule has 1 atom stereocenters. The van der Waals surface area contributed by atoms with Gasteiger partial charge in [-0.15, -0.1) is 0 Å². The molecule has 0 saturated heterocycles. The quantitative estimate of drug-likeness (QED) is 0.902. The van der Waals surface area contributed by atoms with E-state index < -0.39 is 11.9 Å². The molecule has 0 fully saturated rings. The third-order valence-corrected chi connectivity index (χ3v) is 3.66. The van der Waals surface area contributed by atoms with Crippen molar-refractivity contribution in [2.45, 2.75) is 19.4 Å². The minimum Gasteiger partial charge on any atom is -0.490 e. The number of fused-ring (bicyclic) bond motifs is 1. The van der Waals surface area contributed by atoms with E-state index in [2.05, 4.69) is 10.6 Å². The highest BCUT2D eigenvalue weighted by molar-refractivity contribution is 5.96. The highest BCUT2D eigenvalue weighted by atomic mass is 19.1. The Kier molecular flexibility index (Phi) is 4.84. The summed E-state index contributed by atoms with van der Waals surface area (Å²) < 4.78 is 24.8. The third kappa shape index (κ3) is 3.76. The molecule has 1 aliphatic rings. The Morgan fingerprint density at radius 1 is 1.12 bits per heavy atom. The van der Waals surface area contributed by atoms with Crippen LogP contribution < -0.4 is 20.1 Å². The minimum absolute atomic E-state index is 0.162. The van der Waals surface area contributed by atoms with Crippen molar-refractivity contribution in [3.8, 4) is 11.5 Å². The summed E-state index contributed by atoms with van der Waals surface area (Å²) in [4.78, 5) is 12.2. The molecule has 1 heterocycles. The highest BCUT2D eigenvalue weighted by Gasteiger charge is 2.16. The van der Waals surface area contributed by atoms with Crippen molar-refractivity contribution in [2.24, 2.45) is 0 Å². The molecule has 0 bridgehead atoms. The van der Waals surface area contributed by atoms with Crippen LogP contribution in [0.3, 0.4) is 0 Å². The van der Waals surface area contributed by atoms with Crippen molar-refractivity contribution in [2.75, 3.05) is 23.8 Å². The van der Waals surface area contributed by atoms with E-state index in [4.69, 9.17) is 9.47 Å². The number of anilines is 2. The predicted octanol–water partition coefficient (Wildman–Crippen LogP) is 3.43. The Balaban J connectivity index is 1.66. The molecule has 0 radical (unpaired) electrons. The summed E-state index contributed by atoms with van der Waals surface area (Å²) >= 11 is 0. The van der Waals surface area contributed by atoms with Crippen LogP contribution in [-0.4, -0.2) is 25.2 Å². The Morgan fingerprint density at radius 2 is 1.88 bits per heavy atom.